The van der Waals surface area contributed by atoms with Gasteiger partial charge in [-0.2, -0.15) is 0 Å². The van der Waals surface area contributed by atoms with E-state index in [0.717, 1.165) is 4.47 Å². The molecule has 2 aromatic carbocycles. The van der Waals surface area contributed by atoms with Crippen molar-refractivity contribution < 1.29 is 0 Å². The molecule has 0 aliphatic heterocycles. The quantitative estimate of drug-likeness (QED) is 0.718. The highest BCUT2D eigenvalue weighted by Gasteiger charge is 2.08. The van der Waals surface area contributed by atoms with Gasteiger partial charge in [0, 0.05) is 16.2 Å². The number of halogens is 1. The molecule has 2 rings (SSSR count). The van der Waals surface area contributed by atoms with Crippen LogP contribution in [0.15, 0.2) is 46.9 Å². The summed E-state index contributed by atoms with van der Waals surface area (Å²) in [4.78, 5) is 0. The van der Waals surface area contributed by atoms with E-state index < -0.39 is 0 Å². The maximum absolute atomic E-state index is 3.59. The number of nitrogens with one attached hydrogen (secondary N) is 1. The Balaban J connectivity index is 2.15. The molecule has 0 saturated carbocycles. The van der Waals surface area contributed by atoms with Gasteiger partial charge in [-0.3, -0.25) is 0 Å². The molecule has 0 radical (unpaired) electrons. The van der Waals surface area contributed by atoms with Crippen molar-refractivity contribution in [2.24, 2.45) is 0 Å². The molecule has 1 atom stereocenters. The van der Waals surface area contributed by atoms with Crippen molar-refractivity contribution in [3.8, 4) is 0 Å². The summed E-state index contributed by atoms with van der Waals surface area (Å²) in [6.45, 7) is 8.77. The van der Waals surface area contributed by atoms with E-state index >= 15 is 0 Å². The second-order valence-corrected chi connectivity index (χ2v) is 6.45. The second kappa shape index (κ2) is 6.45. The van der Waals surface area contributed by atoms with Gasteiger partial charge < -0.3 is 5.32 Å². The van der Waals surface area contributed by atoms with Crippen molar-refractivity contribution in [1.82, 2.24) is 0 Å². The van der Waals surface area contributed by atoms with E-state index in [2.05, 4.69) is 91.4 Å². The standard InChI is InChI=1S/C18H22BrN/c1-12(2)15-8-10-16(11-9-15)14(4)20-18-7-5-6-17(19)13(18)3/h5-12,14,20H,1-4H3. The largest absolute Gasteiger partial charge is 0.378 e. The van der Waals surface area contributed by atoms with Gasteiger partial charge >= 0.3 is 0 Å². The van der Waals surface area contributed by atoms with Crippen LogP contribution in [0.3, 0.4) is 0 Å². The molecule has 0 spiro atoms. The average molecular weight is 332 g/mol. The summed E-state index contributed by atoms with van der Waals surface area (Å²) in [5.74, 6) is 0.583. The number of anilines is 1. The Bertz CT molecular complexity index is 572. The molecule has 2 heteroatoms. The Labute approximate surface area is 130 Å². The maximum atomic E-state index is 3.59. The van der Waals surface area contributed by atoms with Gasteiger partial charge in [0.1, 0.15) is 0 Å². The molecule has 0 saturated heterocycles. The van der Waals surface area contributed by atoms with Crippen molar-refractivity contribution in [2.75, 3.05) is 5.32 Å². The lowest BCUT2D eigenvalue weighted by Crippen LogP contribution is -2.08. The zero-order valence-electron chi connectivity index (χ0n) is 12.6. The topological polar surface area (TPSA) is 12.0 Å². The van der Waals surface area contributed by atoms with Crippen LogP contribution in [0.1, 0.15) is 49.4 Å². The highest BCUT2D eigenvalue weighted by molar-refractivity contribution is 9.10. The van der Waals surface area contributed by atoms with Crippen molar-refractivity contribution in [3.05, 3.63) is 63.6 Å². The zero-order chi connectivity index (χ0) is 14.7. The third kappa shape index (κ3) is 3.43. The molecule has 1 N–H and O–H groups in total. The van der Waals surface area contributed by atoms with Crippen LogP contribution >= 0.6 is 15.9 Å². The van der Waals surface area contributed by atoms with E-state index in [0.29, 0.717) is 12.0 Å². The summed E-state index contributed by atoms with van der Waals surface area (Å²) in [5.41, 5.74) is 5.13. The molecule has 0 fully saturated rings. The fraction of sp³-hybridized carbons (Fsp3) is 0.333. The predicted molar refractivity (Wildman–Crippen MR) is 91.4 cm³/mol. The van der Waals surface area contributed by atoms with Gasteiger partial charge in [-0.25, -0.2) is 0 Å². The molecule has 0 bridgehead atoms. The van der Waals surface area contributed by atoms with E-state index in [-0.39, 0.29) is 0 Å². The van der Waals surface area contributed by atoms with Crippen molar-refractivity contribution in [1.29, 1.82) is 0 Å². The van der Waals surface area contributed by atoms with E-state index in [4.69, 9.17) is 0 Å². The van der Waals surface area contributed by atoms with E-state index in [1.165, 1.54) is 22.4 Å². The SMILES string of the molecule is Cc1c(Br)cccc1NC(C)c1ccc(C(C)C)cc1. The highest BCUT2D eigenvalue weighted by atomic mass is 79.9. The van der Waals surface area contributed by atoms with Crippen LogP contribution in [-0.2, 0) is 0 Å². The number of benzene rings is 2. The first-order chi connectivity index (χ1) is 9.49. The molecule has 106 valence electrons. The number of hydrogen-bond acceptors (Lipinski definition) is 1. The highest BCUT2D eigenvalue weighted by Crippen LogP contribution is 2.27. The van der Waals surface area contributed by atoms with Gasteiger partial charge in [0.05, 0.1) is 0 Å². The minimum absolute atomic E-state index is 0.296. The monoisotopic (exact) mass is 331 g/mol. The van der Waals surface area contributed by atoms with Crippen molar-refractivity contribution in [2.45, 2.75) is 39.7 Å². The number of rotatable bonds is 4. The summed E-state index contributed by atoms with van der Waals surface area (Å²) in [6.07, 6.45) is 0. The van der Waals surface area contributed by atoms with Gasteiger partial charge in [0.25, 0.3) is 0 Å². The van der Waals surface area contributed by atoms with Gasteiger partial charge in [-0.05, 0) is 48.6 Å². The second-order valence-electron chi connectivity index (χ2n) is 5.60. The summed E-state index contributed by atoms with van der Waals surface area (Å²) in [6, 6.07) is 15.5. The van der Waals surface area contributed by atoms with Gasteiger partial charge in [0.2, 0.25) is 0 Å². The molecule has 0 aromatic heterocycles. The first kappa shape index (κ1) is 15.1. The first-order valence-corrected chi connectivity index (χ1v) is 7.90. The Morgan fingerprint density at radius 2 is 1.50 bits per heavy atom. The third-order valence-corrected chi connectivity index (χ3v) is 4.60. The minimum atomic E-state index is 0.296. The van der Waals surface area contributed by atoms with E-state index in [9.17, 15) is 0 Å². The van der Waals surface area contributed by atoms with Crippen molar-refractivity contribution >= 4 is 21.6 Å². The van der Waals surface area contributed by atoms with Crippen LogP contribution in [0.5, 0.6) is 0 Å². The maximum Gasteiger partial charge on any atom is 0.0485 e. The molecule has 2 aromatic rings. The average Bonchev–Trinajstić information content (AvgIpc) is 2.44. The van der Waals surface area contributed by atoms with Crippen LogP contribution in [0.4, 0.5) is 5.69 Å². The van der Waals surface area contributed by atoms with E-state index in [1.54, 1.807) is 0 Å². The van der Waals surface area contributed by atoms with Crippen LogP contribution < -0.4 is 5.32 Å². The molecular weight excluding hydrogens is 310 g/mol. The molecule has 20 heavy (non-hydrogen) atoms. The molecule has 0 aliphatic carbocycles. The fourth-order valence-electron chi connectivity index (χ4n) is 2.25. The Morgan fingerprint density at radius 1 is 0.900 bits per heavy atom. The third-order valence-electron chi connectivity index (χ3n) is 3.74. The summed E-state index contributed by atoms with van der Waals surface area (Å²) < 4.78 is 1.14. The molecule has 0 aliphatic rings. The molecule has 1 nitrogen and oxygen atoms in total. The van der Waals surface area contributed by atoms with Gasteiger partial charge in [0.15, 0.2) is 0 Å². The lowest BCUT2D eigenvalue weighted by molar-refractivity contribution is 0.851. The Morgan fingerprint density at radius 3 is 2.10 bits per heavy atom. The van der Waals surface area contributed by atoms with Crippen LogP contribution in [0.2, 0.25) is 0 Å². The summed E-state index contributed by atoms with van der Waals surface area (Å²) >= 11 is 3.58. The normalized spacial score (nSPS) is 12.5. The lowest BCUT2D eigenvalue weighted by Gasteiger charge is -2.18. The fourth-order valence-corrected chi connectivity index (χ4v) is 2.62. The van der Waals surface area contributed by atoms with E-state index in [1.807, 2.05) is 0 Å². The summed E-state index contributed by atoms with van der Waals surface area (Å²) in [7, 11) is 0. The molecule has 1 unspecified atom stereocenters. The molecule has 0 heterocycles. The minimum Gasteiger partial charge on any atom is -0.378 e. The number of hydrogen-bond donors (Lipinski definition) is 1. The summed E-state index contributed by atoms with van der Waals surface area (Å²) in [5, 5.41) is 3.59. The van der Waals surface area contributed by atoms with Crippen molar-refractivity contribution in [3.63, 3.8) is 0 Å². The van der Waals surface area contributed by atoms with Gasteiger partial charge in [-0.1, -0.05) is 60.1 Å². The zero-order valence-corrected chi connectivity index (χ0v) is 14.2. The Hall–Kier alpha value is -1.28. The first-order valence-electron chi connectivity index (χ1n) is 7.10. The van der Waals surface area contributed by atoms with Crippen LogP contribution in [0, 0.1) is 6.92 Å². The molecule has 0 amide bonds. The van der Waals surface area contributed by atoms with Crippen LogP contribution in [-0.4, -0.2) is 0 Å². The lowest BCUT2D eigenvalue weighted by atomic mass is 9.99. The van der Waals surface area contributed by atoms with Gasteiger partial charge in [-0.15, -0.1) is 0 Å². The molecular formula is C18H22BrN. The smallest absolute Gasteiger partial charge is 0.0485 e. The predicted octanol–water partition coefficient (Wildman–Crippen LogP) is 6.05. The Kier molecular flexibility index (Phi) is 4.87. The van der Waals surface area contributed by atoms with Crippen LogP contribution in [0.25, 0.3) is 0 Å².